The van der Waals surface area contributed by atoms with Crippen molar-refractivity contribution in [2.24, 2.45) is 0 Å². The van der Waals surface area contributed by atoms with Gasteiger partial charge in [-0.1, -0.05) is 70.5 Å². The molecule has 0 atom stereocenters. The van der Waals surface area contributed by atoms with Crippen LogP contribution in [-0.2, 0) is 4.74 Å². The van der Waals surface area contributed by atoms with Gasteiger partial charge in [0.15, 0.2) is 11.6 Å². The highest BCUT2D eigenvalue weighted by Gasteiger charge is 2.30. The van der Waals surface area contributed by atoms with Gasteiger partial charge in [0.1, 0.15) is 5.25 Å². The molecule has 0 spiro atoms. The number of carbonyl (C=O) groups excluding carboxylic acids is 2. The summed E-state index contributed by atoms with van der Waals surface area (Å²) in [5.41, 5.74) is 3.31. The molecule has 0 amide bonds. The van der Waals surface area contributed by atoms with Gasteiger partial charge in [-0.15, -0.1) is 0 Å². The molecule has 2 aromatic rings. The molecule has 1 aliphatic rings. The first-order valence-corrected chi connectivity index (χ1v) is 11.1. The fourth-order valence-corrected chi connectivity index (χ4v) is 5.22. The van der Waals surface area contributed by atoms with Crippen molar-refractivity contribution in [1.29, 1.82) is 0 Å². The Morgan fingerprint density at radius 2 is 1.30 bits per heavy atom. The average molecular weight is 402 g/mol. The Morgan fingerprint density at radius 1 is 0.852 bits per heavy atom. The number of hydrogen-bond acceptors (Lipinski definition) is 6. The van der Waals surface area contributed by atoms with Crippen LogP contribution in [0, 0.1) is 13.8 Å². The molecule has 27 heavy (non-hydrogen) atoms. The van der Waals surface area contributed by atoms with Crippen molar-refractivity contribution in [2.75, 3.05) is 26.3 Å². The van der Waals surface area contributed by atoms with E-state index in [9.17, 15) is 9.59 Å². The number of aryl methyl sites for hydroxylation is 2. The fraction of sp³-hybridized carbons (Fsp3) is 0.333. The lowest BCUT2D eigenvalue weighted by Crippen LogP contribution is -2.32. The molecule has 0 radical (unpaired) electrons. The number of nitrogens with zero attached hydrogens (tertiary/aromatic N) is 1. The molecule has 4 nitrogen and oxygen atoms in total. The maximum absolute atomic E-state index is 13.1. The number of ketones is 2. The van der Waals surface area contributed by atoms with Crippen LogP contribution in [0.25, 0.3) is 0 Å². The zero-order chi connectivity index (χ0) is 19.2. The number of Topliss-reactive ketones (excluding diaryl/α,β-unsaturated/α-hetero) is 2. The van der Waals surface area contributed by atoms with Crippen molar-refractivity contribution in [3.63, 3.8) is 0 Å². The number of ether oxygens (including phenoxy) is 1. The summed E-state index contributed by atoms with van der Waals surface area (Å²) in [5.74, 6) is -0.294. The summed E-state index contributed by atoms with van der Waals surface area (Å²) in [6, 6.07) is 14.8. The summed E-state index contributed by atoms with van der Waals surface area (Å²) in [5, 5.41) is -0.775. The van der Waals surface area contributed by atoms with Gasteiger partial charge in [-0.25, -0.2) is 4.31 Å². The maximum Gasteiger partial charge on any atom is 0.184 e. The summed E-state index contributed by atoms with van der Waals surface area (Å²) >= 11 is 0. The molecule has 1 fully saturated rings. The van der Waals surface area contributed by atoms with Gasteiger partial charge in [0.2, 0.25) is 0 Å². The molecule has 0 aromatic heterocycles. The first-order chi connectivity index (χ1) is 13.0. The van der Waals surface area contributed by atoms with Crippen LogP contribution in [0.5, 0.6) is 0 Å². The van der Waals surface area contributed by atoms with E-state index in [1.54, 1.807) is 24.3 Å². The molecular formula is C21H23NO3S2. The third kappa shape index (κ3) is 5.45. The summed E-state index contributed by atoms with van der Waals surface area (Å²) in [6.45, 7) is 6.90. The van der Waals surface area contributed by atoms with Gasteiger partial charge in [-0.2, -0.15) is 0 Å². The second-order valence-electron chi connectivity index (χ2n) is 6.55. The molecule has 1 saturated heterocycles. The Balaban J connectivity index is 1.80. The number of carbonyl (C=O) groups is 2. The zero-order valence-electron chi connectivity index (χ0n) is 15.5. The minimum absolute atomic E-state index is 0.147. The standard InChI is InChI=1S/C21H23NO3S2/c1-15-3-7-17(8-4-15)19(23)21(26-27-22-11-13-25-14-12-22)20(24)18-9-5-16(2)6-10-18/h3-10,21H,11-14H2,1-2H3. The smallest absolute Gasteiger partial charge is 0.184 e. The predicted octanol–water partition coefficient (Wildman–Crippen LogP) is 4.37. The second-order valence-corrected chi connectivity index (χ2v) is 8.91. The number of benzene rings is 2. The number of morpholine rings is 1. The van der Waals surface area contributed by atoms with Gasteiger partial charge in [0, 0.05) is 24.2 Å². The predicted molar refractivity (Wildman–Crippen MR) is 112 cm³/mol. The third-order valence-corrected chi connectivity index (χ3v) is 7.11. The highest BCUT2D eigenvalue weighted by atomic mass is 33.1. The Hall–Kier alpha value is -1.60. The van der Waals surface area contributed by atoms with Crippen molar-refractivity contribution in [3.8, 4) is 0 Å². The van der Waals surface area contributed by atoms with Crippen molar-refractivity contribution in [2.45, 2.75) is 19.1 Å². The van der Waals surface area contributed by atoms with Crippen LogP contribution in [0.15, 0.2) is 48.5 Å². The molecule has 1 aliphatic heterocycles. The van der Waals surface area contributed by atoms with Gasteiger partial charge < -0.3 is 4.74 Å². The van der Waals surface area contributed by atoms with E-state index in [1.165, 1.54) is 21.8 Å². The molecular weight excluding hydrogens is 378 g/mol. The SMILES string of the molecule is Cc1ccc(C(=O)C(SSN2CCOCC2)C(=O)c2ccc(C)cc2)cc1. The van der Waals surface area contributed by atoms with Gasteiger partial charge in [-0.05, 0) is 24.8 Å². The topological polar surface area (TPSA) is 46.6 Å². The van der Waals surface area contributed by atoms with Crippen LogP contribution in [0.1, 0.15) is 31.8 Å². The first kappa shape index (κ1) is 20.1. The van der Waals surface area contributed by atoms with Gasteiger partial charge in [0.05, 0.1) is 13.2 Å². The van der Waals surface area contributed by atoms with Gasteiger partial charge in [0.25, 0.3) is 0 Å². The van der Waals surface area contributed by atoms with Crippen molar-refractivity contribution < 1.29 is 14.3 Å². The van der Waals surface area contributed by atoms with Crippen LogP contribution in [0.4, 0.5) is 0 Å². The van der Waals surface area contributed by atoms with Crippen molar-refractivity contribution in [1.82, 2.24) is 4.31 Å². The van der Waals surface area contributed by atoms with E-state index in [1.807, 2.05) is 38.1 Å². The van der Waals surface area contributed by atoms with E-state index < -0.39 is 5.25 Å². The second kappa shape index (κ2) is 9.55. The molecule has 0 bridgehead atoms. The summed E-state index contributed by atoms with van der Waals surface area (Å²) < 4.78 is 7.51. The Kier molecular flexibility index (Phi) is 7.13. The van der Waals surface area contributed by atoms with Crippen LogP contribution in [0.2, 0.25) is 0 Å². The monoisotopic (exact) mass is 401 g/mol. The molecule has 0 aliphatic carbocycles. The molecule has 0 saturated carbocycles. The van der Waals surface area contributed by atoms with Crippen LogP contribution >= 0.6 is 21.8 Å². The van der Waals surface area contributed by atoms with Crippen molar-refractivity contribution in [3.05, 3.63) is 70.8 Å². The summed E-state index contributed by atoms with van der Waals surface area (Å²) in [7, 11) is 2.82. The highest BCUT2D eigenvalue weighted by Crippen LogP contribution is 2.34. The Bertz CT molecular complexity index is 727. The van der Waals surface area contributed by atoms with E-state index >= 15 is 0 Å². The molecule has 6 heteroatoms. The van der Waals surface area contributed by atoms with Gasteiger partial charge >= 0.3 is 0 Å². The minimum Gasteiger partial charge on any atom is -0.379 e. The Morgan fingerprint density at radius 3 is 1.74 bits per heavy atom. The zero-order valence-corrected chi connectivity index (χ0v) is 17.1. The van der Waals surface area contributed by atoms with E-state index in [0.29, 0.717) is 24.3 Å². The van der Waals surface area contributed by atoms with Crippen LogP contribution in [0.3, 0.4) is 0 Å². The third-order valence-electron chi connectivity index (χ3n) is 4.36. The highest BCUT2D eigenvalue weighted by molar-refractivity contribution is 8.76. The van der Waals surface area contributed by atoms with Crippen LogP contribution in [-0.4, -0.2) is 47.4 Å². The molecule has 3 rings (SSSR count). The first-order valence-electron chi connectivity index (χ1n) is 8.92. The summed E-state index contributed by atoms with van der Waals surface area (Å²) in [6.07, 6.45) is 0. The van der Waals surface area contributed by atoms with E-state index in [4.69, 9.17) is 4.74 Å². The normalized spacial score (nSPS) is 15.1. The summed E-state index contributed by atoms with van der Waals surface area (Å²) in [4.78, 5) is 26.2. The average Bonchev–Trinajstić information content (AvgIpc) is 2.69. The lowest BCUT2D eigenvalue weighted by Gasteiger charge is -2.26. The molecule has 0 N–H and O–H groups in total. The fourth-order valence-electron chi connectivity index (χ4n) is 2.67. The molecule has 2 aromatic carbocycles. The minimum atomic E-state index is -0.775. The van der Waals surface area contributed by atoms with E-state index in [2.05, 4.69) is 4.31 Å². The number of rotatable bonds is 7. The maximum atomic E-state index is 13.1. The van der Waals surface area contributed by atoms with E-state index in [-0.39, 0.29) is 11.6 Å². The van der Waals surface area contributed by atoms with Crippen LogP contribution < -0.4 is 0 Å². The largest absolute Gasteiger partial charge is 0.379 e. The molecule has 1 heterocycles. The molecule has 142 valence electrons. The lowest BCUT2D eigenvalue weighted by molar-refractivity contribution is 0.0779. The lowest BCUT2D eigenvalue weighted by atomic mass is 9.99. The Labute approximate surface area is 168 Å². The quantitative estimate of drug-likeness (QED) is 0.297. The van der Waals surface area contributed by atoms with Gasteiger partial charge in [-0.3, -0.25) is 9.59 Å². The molecule has 0 unspecified atom stereocenters. The van der Waals surface area contributed by atoms with Crippen molar-refractivity contribution >= 4 is 33.3 Å². The number of hydrogen-bond donors (Lipinski definition) is 0. The van der Waals surface area contributed by atoms with E-state index in [0.717, 1.165) is 24.2 Å².